The SMILES string of the molecule is Cc1cnc(C(=O)N2CCN(c3ccc4c(=O)n(C)cnc4c3)CC2)cn1. The first kappa shape index (κ1) is 17.1. The Kier molecular flexibility index (Phi) is 4.31. The third-order valence-corrected chi connectivity index (χ3v) is 4.83. The maximum Gasteiger partial charge on any atom is 0.274 e. The molecule has 3 heterocycles. The van der Waals surface area contributed by atoms with E-state index in [9.17, 15) is 9.59 Å². The van der Waals surface area contributed by atoms with Gasteiger partial charge in [0, 0.05) is 45.1 Å². The highest BCUT2D eigenvalue weighted by Crippen LogP contribution is 2.20. The molecule has 1 amide bonds. The predicted octanol–water partition coefficient (Wildman–Crippen LogP) is 0.994. The Morgan fingerprint density at radius 2 is 1.81 bits per heavy atom. The normalized spacial score (nSPS) is 14.6. The average Bonchev–Trinajstić information content (AvgIpc) is 2.71. The Balaban J connectivity index is 1.48. The first-order valence-corrected chi connectivity index (χ1v) is 8.81. The summed E-state index contributed by atoms with van der Waals surface area (Å²) in [5.74, 6) is -0.0918. The number of aryl methyl sites for hydroxylation is 2. The summed E-state index contributed by atoms with van der Waals surface area (Å²) in [7, 11) is 1.69. The van der Waals surface area contributed by atoms with Crippen LogP contribution in [0.3, 0.4) is 0 Å². The molecule has 8 heteroatoms. The molecule has 1 aliphatic rings. The number of hydrogen-bond donors (Lipinski definition) is 0. The quantitative estimate of drug-likeness (QED) is 0.674. The van der Waals surface area contributed by atoms with E-state index in [1.807, 2.05) is 25.1 Å². The van der Waals surface area contributed by atoms with Crippen molar-refractivity contribution in [1.29, 1.82) is 0 Å². The second-order valence-corrected chi connectivity index (χ2v) is 6.68. The maximum absolute atomic E-state index is 12.6. The predicted molar refractivity (Wildman–Crippen MR) is 102 cm³/mol. The molecule has 0 radical (unpaired) electrons. The number of rotatable bonds is 2. The van der Waals surface area contributed by atoms with E-state index in [0.29, 0.717) is 42.8 Å². The average molecular weight is 364 g/mol. The van der Waals surface area contributed by atoms with Crippen LogP contribution in [-0.2, 0) is 7.05 Å². The van der Waals surface area contributed by atoms with E-state index in [-0.39, 0.29) is 11.5 Å². The lowest BCUT2D eigenvalue weighted by Crippen LogP contribution is -2.49. The van der Waals surface area contributed by atoms with Crippen LogP contribution in [0.2, 0.25) is 0 Å². The minimum absolute atomic E-state index is 0.0545. The number of fused-ring (bicyclic) bond motifs is 1. The third kappa shape index (κ3) is 3.25. The van der Waals surface area contributed by atoms with Gasteiger partial charge in [-0.2, -0.15) is 0 Å². The topological polar surface area (TPSA) is 84.2 Å². The molecule has 1 fully saturated rings. The fraction of sp³-hybridized carbons (Fsp3) is 0.316. The monoisotopic (exact) mass is 364 g/mol. The molecule has 1 aromatic carbocycles. The molecule has 8 nitrogen and oxygen atoms in total. The van der Waals surface area contributed by atoms with Gasteiger partial charge in [-0.25, -0.2) is 9.97 Å². The molecule has 0 N–H and O–H groups in total. The van der Waals surface area contributed by atoms with Crippen molar-refractivity contribution in [3.63, 3.8) is 0 Å². The second-order valence-electron chi connectivity index (χ2n) is 6.68. The zero-order chi connectivity index (χ0) is 19.0. The van der Waals surface area contributed by atoms with Gasteiger partial charge in [0.1, 0.15) is 5.69 Å². The number of carbonyl (C=O) groups is 1. The lowest BCUT2D eigenvalue weighted by molar-refractivity contribution is 0.0740. The first-order valence-electron chi connectivity index (χ1n) is 8.81. The number of amides is 1. The number of carbonyl (C=O) groups excluding carboxylic acids is 1. The fourth-order valence-corrected chi connectivity index (χ4v) is 3.23. The van der Waals surface area contributed by atoms with Crippen LogP contribution in [0.4, 0.5) is 5.69 Å². The van der Waals surface area contributed by atoms with Crippen LogP contribution >= 0.6 is 0 Å². The Morgan fingerprint density at radius 3 is 2.52 bits per heavy atom. The first-order chi connectivity index (χ1) is 13.0. The fourth-order valence-electron chi connectivity index (χ4n) is 3.23. The molecule has 0 spiro atoms. The van der Waals surface area contributed by atoms with Crippen molar-refractivity contribution < 1.29 is 4.79 Å². The molecular weight excluding hydrogens is 344 g/mol. The summed E-state index contributed by atoms with van der Waals surface area (Å²) in [5, 5.41) is 0.607. The van der Waals surface area contributed by atoms with Crippen LogP contribution in [0.1, 0.15) is 16.2 Å². The molecule has 138 valence electrons. The van der Waals surface area contributed by atoms with Gasteiger partial charge >= 0.3 is 0 Å². The van der Waals surface area contributed by atoms with Crippen molar-refractivity contribution in [2.24, 2.45) is 7.05 Å². The zero-order valence-corrected chi connectivity index (χ0v) is 15.3. The van der Waals surface area contributed by atoms with Gasteiger partial charge in [0.05, 0.1) is 29.1 Å². The summed E-state index contributed by atoms with van der Waals surface area (Å²) < 4.78 is 1.47. The van der Waals surface area contributed by atoms with Crippen LogP contribution in [-0.4, -0.2) is 56.5 Å². The molecule has 0 saturated carbocycles. The number of piperazine rings is 1. The van der Waals surface area contributed by atoms with Crippen molar-refractivity contribution in [1.82, 2.24) is 24.4 Å². The van der Waals surface area contributed by atoms with Crippen LogP contribution in [0, 0.1) is 6.92 Å². The van der Waals surface area contributed by atoms with Crippen LogP contribution in [0.25, 0.3) is 10.9 Å². The Bertz CT molecular complexity index is 1050. The van der Waals surface area contributed by atoms with E-state index in [0.717, 1.165) is 11.4 Å². The molecule has 1 aliphatic heterocycles. The number of nitrogens with zero attached hydrogens (tertiary/aromatic N) is 6. The number of anilines is 1. The minimum atomic E-state index is -0.0918. The van der Waals surface area contributed by atoms with E-state index in [2.05, 4.69) is 19.9 Å². The molecule has 0 bridgehead atoms. The summed E-state index contributed by atoms with van der Waals surface area (Å²) in [5.41, 5.74) is 2.80. The summed E-state index contributed by atoms with van der Waals surface area (Å²) >= 11 is 0. The molecule has 0 aliphatic carbocycles. The highest BCUT2D eigenvalue weighted by molar-refractivity contribution is 5.92. The van der Waals surface area contributed by atoms with Gasteiger partial charge in [-0.15, -0.1) is 0 Å². The Hall–Kier alpha value is -3.29. The minimum Gasteiger partial charge on any atom is -0.368 e. The summed E-state index contributed by atoms with van der Waals surface area (Å²) in [6.07, 6.45) is 4.67. The van der Waals surface area contributed by atoms with Crippen molar-refractivity contribution in [3.8, 4) is 0 Å². The van der Waals surface area contributed by atoms with E-state index in [1.54, 1.807) is 18.1 Å². The van der Waals surface area contributed by atoms with Gasteiger partial charge in [0.2, 0.25) is 0 Å². The summed E-state index contributed by atoms with van der Waals surface area (Å²) in [6.45, 7) is 4.48. The Labute approximate surface area is 156 Å². The third-order valence-electron chi connectivity index (χ3n) is 4.83. The molecule has 1 saturated heterocycles. The molecule has 3 aromatic rings. The lowest BCUT2D eigenvalue weighted by Gasteiger charge is -2.36. The summed E-state index contributed by atoms with van der Waals surface area (Å²) in [4.78, 5) is 41.4. The van der Waals surface area contributed by atoms with Crippen molar-refractivity contribution in [3.05, 3.63) is 58.7 Å². The zero-order valence-electron chi connectivity index (χ0n) is 15.3. The van der Waals surface area contributed by atoms with Gasteiger partial charge in [0.25, 0.3) is 11.5 Å². The van der Waals surface area contributed by atoms with E-state index in [4.69, 9.17) is 0 Å². The molecule has 27 heavy (non-hydrogen) atoms. The standard InChI is InChI=1S/C19H20N6O2/c1-13-10-21-17(11-20-13)19(27)25-7-5-24(6-8-25)14-3-4-15-16(9-14)22-12-23(2)18(15)26/h3-4,9-12H,5-8H2,1-2H3. The van der Waals surface area contributed by atoms with E-state index in [1.165, 1.54) is 17.1 Å². The van der Waals surface area contributed by atoms with E-state index < -0.39 is 0 Å². The van der Waals surface area contributed by atoms with Crippen LogP contribution in [0.5, 0.6) is 0 Å². The highest BCUT2D eigenvalue weighted by Gasteiger charge is 2.23. The molecule has 0 unspecified atom stereocenters. The lowest BCUT2D eigenvalue weighted by atomic mass is 10.2. The van der Waals surface area contributed by atoms with Crippen molar-refractivity contribution in [2.75, 3.05) is 31.1 Å². The largest absolute Gasteiger partial charge is 0.368 e. The molecule has 0 atom stereocenters. The van der Waals surface area contributed by atoms with Crippen LogP contribution in [0.15, 0.2) is 41.7 Å². The number of hydrogen-bond acceptors (Lipinski definition) is 6. The number of aromatic nitrogens is 4. The van der Waals surface area contributed by atoms with Gasteiger partial charge in [-0.05, 0) is 25.1 Å². The highest BCUT2D eigenvalue weighted by atomic mass is 16.2. The molecular formula is C19H20N6O2. The van der Waals surface area contributed by atoms with Gasteiger partial charge < -0.3 is 14.4 Å². The smallest absolute Gasteiger partial charge is 0.274 e. The van der Waals surface area contributed by atoms with Gasteiger partial charge in [-0.1, -0.05) is 0 Å². The Morgan fingerprint density at radius 1 is 1.04 bits per heavy atom. The number of benzene rings is 1. The summed E-state index contributed by atoms with van der Waals surface area (Å²) in [6, 6.07) is 5.69. The molecule has 2 aromatic heterocycles. The van der Waals surface area contributed by atoms with E-state index >= 15 is 0 Å². The second kappa shape index (κ2) is 6.79. The van der Waals surface area contributed by atoms with Crippen molar-refractivity contribution >= 4 is 22.5 Å². The van der Waals surface area contributed by atoms with Crippen molar-refractivity contribution in [2.45, 2.75) is 6.92 Å². The van der Waals surface area contributed by atoms with Crippen LogP contribution < -0.4 is 10.5 Å². The van der Waals surface area contributed by atoms with Gasteiger partial charge in [-0.3, -0.25) is 14.6 Å². The maximum atomic E-state index is 12.6. The molecule has 4 rings (SSSR count). The van der Waals surface area contributed by atoms with Gasteiger partial charge in [0.15, 0.2) is 0 Å².